The maximum Gasteiger partial charge on any atom is 0.226 e. The highest BCUT2D eigenvalue weighted by atomic mass is 32.2. The van der Waals surface area contributed by atoms with Crippen molar-refractivity contribution in [3.63, 3.8) is 0 Å². The molecule has 0 radical (unpaired) electrons. The SMILES string of the molecule is Cc1ccc2c(c1)N(CC(O)CN1CCC3(CCNC3=O)CC1)c1ccccc1S2. The Bertz CT molecular complexity index is 955. The van der Waals surface area contributed by atoms with Crippen molar-refractivity contribution in [2.75, 3.05) is 37.6 Å². The van der Waals surface area contributed by atoms with Crippen molar-refractivity contribution < 1.29 is 9.90 Å². The molecule has 0 aromatic heterocycles. The highest BCUT2D eigenvalue weighted by Gasteiger charge is 2.44. The first kappa shape index (κ1) is 19.9. The summed E-state index contributed by atoms with van der Waals surface area (Å²) in [6, 6.07) is 15.0. The first-order valence-corrected chi connectivity index (χ1v) is 11.7. The van der Waals surface area contributed by atoms with Gasteiger partial charge < -0.3 is 20.2 Å². The van der Waals surface area contributed by atoms with Crippen LogP contribution in [0.4, 0.5) is 11.4 Å². The molecule has 3 aliphatic rings. The van der Waals surface area contributed by atoms with Crippen LogP contribution in [0.15, 0.2) is 52.3 Å². The Morgan fingerprint density at radius 3 is 2.60 bits per heavy atom. The molecule has 5 nitrogen and oxygen atoms in total. The normalized spacial score (nSPS) is 21.3. The van der Waals surface area contributed by atoms with Crippen LogP contribution in [-0.4, -0.2) is 54.7 Å². The van der Waals surface area contributed by atoms with Crippen LogP contribution < -0.4 is 10.2 Å². The predicted octanol–water partition coefficient (Wildman–Crippen LogP) is 3.56. The number of carbonyl (C=O) groups excluding carboxylic acids is 1. The lowest BCUT2D eigenvalue weighted by Gasteiger charge is -2.39. The number of aliphatic hydroxyl groups excluding tert-OH is 1. The first-order valence-electron chi connectivity index (χ1n) is 10.9. The van der Waals surface area contributed by atoms with Gasteiger partial charge in [-0.3, -0.25) is 4.79 Å². The highest BCUT2D eigenvalue weighted by molar-refractivity contribution is 7.99. The number of benzene rings is 2. The van der Waals surface area contributed by atoms with Crippen molar-refractivity contribution in [1.29, 1.82) is 0 Å². The van der Waals surface area contributed by atoms with E-state index in [1.807, 2.05) is 0 Å². The molecule has 1 amide bonds. The van der Waals surface area contributed by atoms with E-state index in [0.717, 1.165) is 38.9 Å². The van der Waals surface area contributed by atoms with E-state index in [2.05, 4.69) is 64.5 Å². The molecular weight excluding hydrogens is 394 g/mol. The highest BCUT2D eigenvalue weighted by Crippen LogP contribution is 2.48. The number of β-amino-alcohol motifs (C(OH)–C–C–N with tert-alkyl or cyclic N) is 1. The summed E-state index contributed by atoms with van der Waals surface area (Å²) < 4.78 is 0. The molecule has 1 unspecified atom stereocenters. The van der Waals surface area contributed by atoms with Crippen molar-refractivity contribution in [3.05, 3.63) is 48.0 Å². The molecule has 5 rings (SSSR count). The average Bonchev–Trinajstić information content (AvgIpc) is 3.10. The van der Waals surface area contributed by atoms with Crippen molar-refractivity contribution in [3.8, 4) is 0 Å². The van der Waals surface area contributed by atoms with Gasteiger partial charge in [-0.2, -0.15) is 0 Å². The molecule has 1 spiro atoms. The number of fused-ring (bicyclic) bond motifs is 2. The zero-order valence-electron chi connectivity index (χ0n) is 17.4. The summed E-state index contributed by atoms with van der Waals surface area (Å²) in [6.07, 6.45) is 2.30. The number of aliphatic hydroxyl groups is 1. The van der Waals surface area contributed by atoms with Crippen molar-refractivity contribution in [2.24, 2.45) is 5.41 Å². The molecule has 0 aliphatic carbocycles. The summed E-state index contributed by atoms with van der Waals surface area (Å²) >= 11 is 1.80. The van der Waals surface area contributed by atoms with Gasteiger partial charge in [0.25, 0.3) is 0 Å². The van der Waals surface area contributed by atoms with Gasteiger partial charge in [-0.05, 0) is 69.1 Å². The molecule has 0 bridgehead atoms. The molecule has 1 atom stereocenters. The van der Waals surface area contributed by atoms with E-state index in [9.17, 15) is 9.90 Å². The van der Waals surface area contributed by atoms with Crippen LogP contribution in [0, 0.1) is 12.3 Å². The number of aryl methyl sites for hydroxylation is 1. The minimum absolute atomic E-state index is 0.152. The maximum atomic E-state index is 12.2. The van der Waals surface area contributed by atoms with E-state index in [0.29, 0.717) is 13.1 Å². The first-order chi connectivity index (χ1) is 14.5. The standard InChI is InChI=1S/C24H29N3O2S/c1-17-6-7-22-20(14-17)27(19-4-2-3-5-21(19)30-22)16-18(28)15-26-12-9-24(10-13-26)8-11-25-23(24)29/h2-7,14,18,28H,8-13,15-16H2,1H3,(H,25,29). The smallest absolute Gasteiger partial charge is 0.226 e. The number of piperidine rings is 1. The summed E-state index contributed by atoms with van der Waals surface area (Å²) in [4.78, 5) is 19.3. The number of hydrogen-bond donors (Lipinski definition) is 2. The Labute approximate surface area is 182 Å². The fourth-order valence-electron chi connectivity index (χ4n) is 5.06. The van der Waals surface area contributed by atoms with Gasteiger partial charge in [0.15, 0.2) is 0 Å². The van der Waals surface area contributed by atoms with E-state index in [4.69, 9.17) is 0 Å². The van der Waals surface area contributed by atoms with Crippen LogP contribution >= 0.6 is 11.8 Å². The molecule has 30 heavy (non-hydrogen) atoms. The van der Waals surface area contributed by atoms with Gasteiger partial charge in [0, 0.05) is 22.9 Å². The van der Waals surface area contributed by atoms with Crippen LogP contribution in [0.2, 0.25) is 0 Å². The Kier molecular flexibility index (Phi) is 5.25. The van der Waals surface area contributed by atoms with Gasteiger partial charge in [0.2, 0.25) is 5.91 Å². The van der Waals surface area contributed by atoms with Gasteiger partial charge in [0.05, 0.1) is 29.4 Å². The van der Waals surface area contributed by atoms with Crippen LogP contribution in [0.25, 0.3) is 0 Å². The Morgan fingerprint density at radius 1 is 1.07 bits per heavy atom. The van der Waals surface area contributed by atoms with E-state index in [-0.39, 0.29) is 11.3 Å². The Morgan fingerprint density at radius 2 is 1.83 bits per heavy atom. The van der Waals surface area contributed by atoms with E-state index in [1.54, 1.807) is 11.8 Å². The second kappa shape index (κ2) is 7.91. The van der Waals surface area contributed by atoms with Gasteiger partial charge >= 0.3 is 0 Å². The molecule has 3 aliphatic heterocycles. The molecule has 2 aromatic carbocycles. The summed E-state index contributed by atoms with van der Waals surface area (Å²) in [5, 5.41) is 14.0. The number of nitrogens with zero attached hydrogens (tertiary/aromatic N) is 2. The largest absolute Gasteiger partial charge is 0.390 e. The van der Waals surface area contributed by atoms with Gasteiger partial charge in [-0.15, -0.1) is 0 Å². The monoisotopic (exact) mass is 423 g/mol. The fraction of sp³-hybridized carbons (Fsp3) is 0.458. The zero-order chi connectivity index (χ0) is 20.7. The summed E-state index contributed by atoms with van der Waals surface area (Å²) in [6.45, 7) is 5.90. The molecule has 3 heterocycles. The average molecular weight is 424 g/mol. The quantitative estimate of drug-likeness (QED) is 0.788. The van der Waals surface area contributed by atoms with Crippen LogP contribution in [-0.2, 0) is 4.79 Å². The summed E-state index contributed by atoms with van der Waals surface area (Å²) in [5.74, 6) is 0.233. The summed E-state index contributed by atoms with van der Waals surface area (Å²) in [7, 11) is 0. The van der Waals surface area contributed by atoms with Crippen molar-refractivity contribution in [1.82, 2.24) is 10.2 Å². The minimum Gasteiger partial charge on any atom is -0.390 e. The third kappa shape index (κ3) is 3.61. The zero-order valence-corrected chi connectivity index (χ0v) is 18.3. The summed E-state index contributed by atoms with van der Waals surface area (Å²) in [5.41, 5.74) is 3.42. The minimum atomic E-state index is -0.457. The van der Waals surface area contributed by atoms with Gasteiger partial charge in [-0.25, -0.2) is 0 Å². The lowest BCUT2D eigenvalue weighted by Crippen LogP contribution is -2.47. The Hall–Kier alpha value is -2.02. The van der Waals surface area contributed by atoms with Crippen molar-refractivity contribution >= 4 is 29.0 Å². The lowest BCUT2D eigenvalue weighted by atomic mass is 9.77. The van der Waals surface area contributed by atoms with Gasteiger partial charge in [0.1, 0.15) is 0 Å². The van der Waals surface area contributed by atoms with Crippen LogP contribution in [0.1, 0.15) is 24.8 Å². The number of anilines is 2. The fourth-order valence-corrected chi connectivity index (χ4v) is 6.14. The van der Waals surface area contributed by atoms with E-state index in [1.165, 1.54) is 26.7 Å². The number of hydrogen-bond acceptors (Lipinski definition) is 5. The van der Waals surface area contributed by atoms with Crippen LogP contribution in [0.3, 0.4) is 0 Å². The van der Waals surface area contributed by atoms with E-state index < -0.39 is 6.10 Å². The van der Waals surface area contributed by atoms with Crippen molar-refractivity contribution in [2.45, 2.75) is 42.1 Å². The Balaban J connectivity index is 1.29. The molecule has 6 heteroatoms. The molecular formula is C24H29N3O2S. The number of likely N-dealkylation sites (tertiary alicyclic amines) is 1. The number of para-hydroxylation sites is 1. The maximum absolute atomic E-state index is 12.2. The second-order valence-corrected chi connectivity index (χ2v) is 9.98. The van der Waals surface area contributed by atoms with E-state index >= 15 is 0 Å². The molecule has 2 aromatic rings. The molecule has 2 fully saturated rings. The number of rotatable bonds is 4. The topological polar surface area (TPSA) is 55.8 Å². The number of carbonyl (C=O) groups is 1. The number of amides is 1. The predicted molar refractivity (Wildman–Crippen MR) is 120 cm³/mol. The molecule has 0 saturated carbocycles. The lowest BCUT2D eigenvalue weighted by molar-refractivity contribution is -0.130. The molecule has 158 valence electrons. The molecule has 2 saturated heterocycles. The third-order valence-corrected chi connectivity index (χ3v) is 7.96. The molecule has 2 N–H and O–H groups in total. The second-order valence-electron chi connectivity index (χ2n) is 8.89. The number of nitrogens with one attached hydrogen (secondary N) is 1. The third-order valence-electron chi connectivity index (χ3n) is 6.83. The van der Waals surface area contributed by atoms with Crippen LogP contribution in [0.5, 0.6) is 0 Å². The van der Waals surface area contributed by atoms with Gasteiger partial charge in [-0.1, -0.05) is 30.0 Å².